The summed E-state index contributed by atoms with van der Waals surface area (Å²) in [6, 6.07) is 7.00. The highest BCUT2D eigenvalue weighted by molar-refractivity contribution is 5.88. The van der Waals surface area contributed by atoms with Crippen molar-refractivity contribution >= 4 is 11.6 Å². The molecule has 1 amide bonds. The van der Waals surface area contributed by atoms with Crippen LogP contribution in [0, 0.1) is 0 Å². The third-order valence-electron chi connectivity index (χ3n) is 1.84. The molecule has 0 saturated carbocycles. The summed E-state index contributed by atoms with van der Waals surface area (Å²) in [5.74, 6) is -0.738. The van der Waals surface area contributed by atoms with Crippen LogP contribution in [-0.2, 0) is 0 Å². The van der Waals surface area contributed by atoms with Gasteiger partial charge in [-0.15, -0.1) is 0 Å². The van der Waals surface area contributed by atoms with Crippen LogP contribution in [-0.4, -0.2) is 16.0 Å². The Balaban J connectivity index is 2.46. The molecule has 1 aromatic carbocycles. The molecule has 0 atom stereocenters. The number of carbonyl (C=O) groups excluding carboxylic acids is 1. The number of primary amides is 1. The fourth-order valence-electron chi connectivity index (χ4n) is 1.13. The number of amides is 1. The van der Waals surface area contributed by atoms with Gasteiger partial charge in [-0.2, -0.15) is 4.98 Å². The molecule has 15 heavy (non-hydrogen) atoms. The van der Waals surface area contributed by atoms with Crippen LogP contribution in [0.25, 0.3) is 11.4 Å². The first-order chi connectivity index (χ1) is 7.18. The van der Waals surface area contributed by atoms with Gasteiger partial charge in [-0.25, -0.2) is 0 Å². The van der Waals surface area contributed by atoms with Crippen molar-refractivity contribution < 1.29 is 9.32 Å². The van der Waals surface area contributed by atoms with E-state index < -0.39 is 5.91 Å². The number of hydrogen-bond donors (Lipinski definition) is 2. The number of rotatable bonds is 2. The smallest absolute Gasteiger partial charge is 0.316 e. The van der Waals surface area contributed by atoms with Crippen LogP contribution in [0.2, 0.25) is 0 Å². The fourth-order valence-corrected chi connectivity index (χ4v) is 1.13. The van der Waals surface area contributed by atoms with E-state index in [9.17, 15) is 4.79 Å². The third kappa shape index (κ3) is 1.64. The number of nitrogens with two attached hydrogens (primary N) is 2. The Bertz CT molecular complexity index is 506. The zero-order valence-electron chi connectivity index (χ0n) is 7.68. The number of aromatic nitrogens is 2. The lowest BCUT2D eigenvalue weighted by atomic mass is 10.2. The van der Waals surface area contributed by atoms with E-state index in [1.54, 1.807) is 24.3 Å². The van der Waals surface area contributed by atoms with Gasteiger partial charge in [-0.05, 0) is 12.1 Å². The van der Waals surface area contributed by atoms with Crippen molar-refractivity contribution in [1.29, 1.82) is 0 Å². The zero-order valence-corrected chi connectivity index (χ0v) is 7.68. The van der Waals surface area contributed by atoms with Gasteiger partial charge in [0, 0.05) is 11.3 Å². The Morgan fingerprint density at radius 2 is 2.07 bits per heavy atom. The molecule has 2 rings (SSSR count). The molecule has 0 spiro atoms. The topological polar surface area (TPSA) is 108 Å². The van der Waals surface area contributed by atoms with E-state index >= 15 is 0 Å². The fraction of sp³-hybridized carbons (Fsp3) is 0. The highest BCUT2D eigenvalue weighted by Crippen LogP contribution is 2.22. The summed E-state index contributed by atoms with van der Waals surface area (Å²) in [6.45, 7) is 0. The maximum Gasteiger partial charge on any atom is 0.316 e. The lowest BCUT2D eigenvalue weighted by Gasteiger charge is -1.97. The minimum atomic E-state index is -0.761. The number of nitrogens with zero attached hydrogens (tertiary/aromatic N) is 2. The minimum absolute atomic E-state index is 0.228. The summed E-state index contributed by atoms with van der Waals surface area (Å²) in [5.41, 5.74) is 11.8. The third-order valence-corrected chi connectivity index (χ3v) is 1.84. The molecule has 0 saturated heterocycles. The molecule has 2 aromatic rings. The number of nitrogen functional groups attached to an aromatic ring is 1. The molecule has 0 bridgehead atoms. The summed E-state index contributed by atoms with van der Waals surface area (Å²) >= 11 is 0. The molecule has 0 fully saturated rings. The number of anilines is 1. The average molecular weight is 204 g/mol. The van der Waals surface area contributed by atoms with E-state index in [2.05, 4.69) is 14.7 Å². The molecule has 0 aliphatic heterocycles. The second-order valence-corrected chi connectivity index (χ2v) is 2.87. The highest BCUT2D eigenvalue weighted by atomic mass is 16.5. The largest absolute Gasteiger partial charge is 0.398 e. The minimum Gasteiger partial charge on any atom is -0.398 e. The number of benzene rings is 1. The van der Waals surface area contributed by atoms with E-state index in [0.29, 0.717) is 11.3 Å². The predicted octanol–water partition coefficient (Wildman–Crippen LogP) is 0.418. The molecule has 6 nitrogen and oxygen atoms in total. The Morgan fingerprint density at radius 3 is 2.67 bits per heavy atom. The van der Waals surface area contributed by atoms with Crippen LogP contribution in [0.5, 0.6) is 0 Å². The molecule has 0 radical (unpaired) electrons. The van der Waals surface area contributed by atoms with Gasteiger partial charge in [-0.3, -0.25) is 4.79 Å². The maximum atomic E-state index is 10.7. The van der Waals surface area contributed by atoms with Crippen molar-refractivity contribution in [1.82, 2.24) is 10.1 Å². The molecule has 6 heteroatoms. The molecule has 0 aliphatic rings. The van der Waals surface area contributed by atoms with Gasteiger partial charge < -0.3 is 16.0 Å². The summed E-state index contributed by atoms with van der Waals surface area (Å²) in [5, 5.41) is 3.60. The summed E-state index contributed by atoms with van der Waals surface area (Å²) < 4.78 is 4.64. The number of hydrogen-bond acceptors (Lipinski definition) is 5. The van der Waals surface area contributed by atoms with Gasteiger partial charge >= 0.3 is 11.8 Å². The van der Waals surface area contributed by atoms with Gasteiger partial charge in [-0.1, -0.05) is 17.3 Å². The lowest BCUT2D eigenvalue weighted by Crippen LogP contribution is -2.11. The van der Waals surface area contributed by atoms with E-state index in [4.69, 9.17) is 11.5 Å². The zero-order chi connectivity index (χ0) is 10.8. The Morgan fingerprint density at radius 1 is 1.33 bits per heavy atom. The quantitative estimate of drug-likeness (QED) is 0.689. The summed E-state index contributed by atoms with van der Waals surface area (Å²) in [7, 11) is 0. The lowest BCUT2D eigenvalue weighted by molar-refractivity contribution is 0.0958. The highest BCUT2D eigenvalue weighted by Gasteiger charge is 2.13. The van der Waals surface area contributed by atoms with E-state index in [-0.39, 0.29) is 11.7 Å². The van der Waals surface area contributed by atoms with Crippen molar-refractivity contribution in [3.05, 3.63) is 30.2 Å². The first kappa shape index (κ1) is 9.20. The van der Waals surface area contributed by atoms with Crippen molar-refractivity contribution in [3.63, 3.8) is 0 Å². The van der Waals surface area contributed by atoms with Crippen LogP contribution < -0.4 is 11.5 Å². The van der Waals surface area contributed by atoms with E-state index in [1.807, 2.05) is 0 Å². The molecular formula is C9H8N4O2. The predicted molar refractivity (Wildman–Crippen MR) is 52.7 cm³/mol. The Hall–Kier alpha value is -2.37. The standard InChI is InChI=1S/C9H8N4O2/c10-6-4-2-1-3-5(6)8-12-9(7(11)14)15-13-8/h1-4H,10H2,(H2,11,14). The second kappa shape index (κ2) is 3.41. The Kier molecular flexibility index (Phi) is 2.09. The molecule has 1 heterocycles. The first-order valence-electron chi connectivity index (χ1n) is 4.17. The van der Waals surface area contributed by atoms with Crippen molar-refractivity contribution in [2.45, 2.75) is 0 Å². The van der Waals surface area contributed by atoms with Crippen molar-refractivity contribution in [2.24, 2.45) is 5.73 Å². The monoisotopic (exact) mass is 204 g/mol. The van der Waals surface area contributed by atoms with Gasteiger partial charge in [0.2, 0.25) is 5.82 Å². The molecule has 1 aromatic heterocycles. The van der Waals surface area contributed by atoms with Crippen LogP contribution in [0.1, 0.15) is 10.7 Å². The van der Waals surface area contributed by atoms with E-state index in [0.717, 1.165) is 0 Å². The molecule has 4 N–H and O–H groups in total. The average Bonchev–Trinajstić information content (AvgIpc) is 2.67. The van der Waals surface area contributed by atoms with Gasteiger partial charge in [0.05, 0.1) is 0 Å². The summed E-state index contributed by atoms with van der Waals surface area (Å²) in [6.07, 6.45) is 0. The van der Waals surface area contributed by atoms with Crippen LogP contribution >= 0.6 is 0 Å². The first-order valence-corrected chi connectivity index (χ1v) is 4.17. The second-order valence-electron chi connectivity index (χ2n) is 2.87. The SMILES string of the molecule is NC(=O)c1nc(-c2ccccc2N)no1. The van der Waals surface area contributed by atoms with Crippen molar-refractivity contribution in [3.8, 4) is 11.4 Å². The molecule has 0 unspecified atom stereocenters. The van der Waals surface area contributed by atoms with Crippen LogP contribution in [0.3, 0.4) is 0 Å². The van der Waals surface area contributed by atoms with Gasteiger partial charge in [0.25, 0.3) is 0 Å². The Labute approximate surface area is 84.9 Å². The summed E-state index contributed by atoms with van der Waals surface area (Å²) in [4.78, 5) is 14.5. The van der Waals surface area contributed by atoms with Gasteiger partial charge in [0.15, 0.2) is 0 Å². The van der Waals surface area contributed by atoms with E-state index in [1.165, 1.54) is 0 Å². The van der Waals surface area contributed by atoms with Crippen LogP contribution in [0.15, 0.2) is 28.8 Å². The number of para-hydroxylation sites is 1. The van der Waals surface area contributed by atoms with Crippen molar-refractivity contribution in [2.75, 3.05) is 5.73 Å². The van der Waals surface area contributed by atoms with Gasteiger partial charge in [0.1, 0.15) is 0 Å². The molecule has 0 aliphatic carbocycles. The van der Waals surface area contributed by atoms with Crippen LogP contribution in [0.4, 0.5) is 5.69 Å². The molecular weight excluding hydrogens is 196 g/mol. The normalized spacial score (nSPS) is 10.1. The molecule has 76 valence electrons. The maximum absolute atomic E-state index is 10.7. The number of carbonyl (C=O) groups is 1.